The zero-order valence-electron chi connectivity index (χ0n) is 14.4. The first kappa shape index (κ1) is 16.3. The summed E-state index contributed by atoms with van der Waals surface area (Å²) >= 11 is 0. The predicted molar refractivity (Wildman–Crippen MR) is 97.2 cm³/mol. The zero-order valence-corrected chi connectivity index (χ0v) is 14.4. The fraction of sp³-hybridized carbons (Fsp3) is 0.333. The highest BCUT2D eigenvalue weighted by atomic mass is 16.5. The third-order valence-corrected chi connectivity index (χ3v) is 4.64. The molecule has 0 unspecified atom stereocenters. The second-order valence-electron chi connectivity index (χ2n) is 6.48. The minimum absolute atomic E-state index is 0.0575. The minimum Gasteiger partial charge on any atom is -0.360 e. The fourth-order valence-corrected chi connectivity index (χ4v) is 3.23. The van der Waals surface area contributed by atoms with Crippen LogP contribution < -0.4 is 15.8 Å². The molecule has 0 aliphatic carbocycles. The summed E-state index contributed by atoms with van der Waals surface area (Å²) in [6.07, 6.45) is 1.36. The standard InChI is InChI=1S/C18H19N5O3/c1-11-10-15(22-26-11)20-16(24)12-6-8-23(9-7-12)18-19-14-5-3-2-4-13(14)17(25)21-18/h2-5,10,12H,6-9H2,1H3,(H,19,21,25)(H,20,22,24). The van der Waals surface area contributed by atoms with Crippen molar-refractivity contribution in [2.45, 2.75) is 19.8 Å². The van der Waals surface area contributed by atoms with Gasteiger partial charge in [0, 0.05) is 25.1 Å². The largest absolute Gasteiger partial charge is 0.360 e. The van der Waals surface area contributed by atoms with Gasteiger partial charge in [-0.15, -0.1) is 0 Å². The lowest BCUT2D eigenvalue weighted by molar-refractivity contribution is -0.120. The molecule has 134 valence electrons. The first-order valence-corrected chi connectivity index (χ1v) is 8.58. The number of hydrogen-bond acceptors (Lipinski definition) is 6. The van der Waals surface area contributed by atoms with Gasteiger partial charge >= 0.3 is 0 Å². The van der Waals surface area contributed by atoms with Crippen molar-refractivity contribution in [1.82, 2.24) is 15.1 Å². The average molecular weight is 353 g/mol. The van der Waals surface area contributed by atoms with E-state index in [-0.39, 0.29) is 17.4 Å². The van der Waals surface area contributed by atoms with Crippen molar-refractivity contribution in [3.8, 4) is 0 Å². The normalized spacial score (nSPS) is 15.3. The Morgan fingerprint density at radius 3 is 2.81 bits per heavy atom. The van der Waals surface area contributed by atoms with E-state index in [1.807, 2.05) is 23.1 Å². The Bertz CT molecular complexity index is 1000. The molecule has 0 spiro atoms. The number of para-hydroxylation sites is 1. The molecule has 26 heavy (non-hydrogen) atoms. The van der Waals surface area contributed by atoms with Crippen molar-refractivity contribution >= 4 is 28.6 Å². The number of fused-ring (bicyclic) bond motifs is 1. The molecular formula is C18H19N5O3. The van der Waals surface area contributed by atoms with Gasteiger partial charge < -0.3 is 14.7 Å². The molecule has 1 saturated heterocycles. The van der Waals surface area contributed by atoms with Gasteiger partial charge in [-0.25, -0.2) is 4.98 Å². The summed E-state index contributed by atoms with van der Waals surface area (Å²) in [5.41, 5.74) is 0.527. The summed E-state index contributed by atoms with van der Waals surface area (Å²) < 4.78 is 4.96. The van der Waals surface area contributed by atoms with Crippen molar-refractivity contribution in [3.05, 3.63) is 46.4 Å². The van der Waals surface area contributed by atoms with E-state index in [0.717, 1.165) is 0 Å². The smallest absolute Gasteiger partial charge is 0.260 e. The number of nitrogens with one attached hydrogen (secondary N) is 2. The quantitative estimate of drug-likeness (QED) is 0.747. The first-order valence-electron chi connectivity index (χ1n) is 8.58. The molecule has 4 rings (SSSR count). The third kappa shape index (κ3) is 3.17. The summed E-state index contributed by atoms with van der Waals surface area (Å²) in [4.78, 5) is 34.0. The van der Waals surface area contributed by atoms with Gasteiger partial charge in [-0.3, -0.25) is 14.6 Å². The summed E-state index contributed by atoms with van der Waals surface area (Å²) in [5, 5.41) is 7.15. The second kappa shape index (κ2) is 6.62. The van der Waals surface area contributed by atoms with Gasteiger partial charge in [-0.2, -0.15) is 0 Å². The Morgan fingerprint density at radius 2 is 2.08 bits per heavy atom. The number of benzene rings is 1. The molecule has 0 radical (unpaired) electrons. The Morgan fingerprint density at radius 1 is 1.31 bits per heavy atom. The van der Waals surface area contributed by atoms with Crippen molar-refractivity contribution in [2.75, 3.05) is 23.3 Å². The van der Waals surface area contributed by atoms with E-state index < -0.39 is 0 Å². The lowest BCUT2D eigenvalue weighted by Crippen LogP contribution is -2.39. The molecule has 3 aromatic rings. The van der Waals surface area contributed by atoms with Crippen LogP contribution in [0, 0.1) is 12.8 Å². The van der Waals surface area contributed by atoms with E-state index in [2.05, 4.69) is 20.4 Å². The number of piperidine rings is 1. The molecule has 0 atom stereocenters. The number of aromatic nitrogens is 3. The van der Waals surface area contributed by atoms with E-state index in [4.69, 9.17) is 4.52 Å². The molecule has 0 saturated carbocycles. The number of hydrogen-bond donors (Lipinski definition) is 2. The molecule has 1 aliphatic heterocycles. The zero-order chi connectivity index (χ0) is 18.1. The van der Waals surface area contributed by atoms with Gasteiger partial charge in [0.05, 0.1) is 10.9 Å². The van der Waals surface area contributed by atoms with Crippen LogP contribution in [0.2, 0.25) is 0 Å². The third-order valence-electron chi connectivity index (χ3n) is 4.64. The van der Waals surface area contributed by atoms with Crippen LogP contribution in [0.25, 0.3) is 10.9 Å². The molecule has 0 bridgehead atoms. The number of amides is 1. The highest BCUT2D eigenvalue weighted by Crippen LogP contribution is 2.22. The van der Waals surface area contributed by atoms with Gasteiger partial charge in [0.15, 0.2) is 5.82 Å². The SMILES string of the molecule is Cc1cc(NC(=O)C2CCN(c3nc4ccccc4c(=O)[nH]3)CC2)no1. The van der Waals surface area contributed by atoms with Crippen LogP contribution in [0.3, 0.4) is 0 Å². The topological polar surface area (TPSA) is 104 Å². The van der Waals surface area contributed by atoms with Gasteiger partial charge in [0.25, 0.3) is 5.56 Å². The van der Waals surface area contributed by atoms with Gasteiger partial charge in [-0.1, -0.05) is 17.3 Å². The van der Waals surface area contributed by atoms with E-state index in [0.29, 0.717) is 54.4 Å². The summed E-state index contributed by atoms with van der Waals surface area (Å²) in [7, 11) is 0. The van der Waals surface area contributed by atoms with E-state index in [1.54, 1.807) is 19.1 Å². The Hall–Kier alpha value is -3.16. The van der Waals surface area contributed by atoms with Gasteiger partial charge in [0.1, 0.15) is 5.76 Å². The van der Waals surface area contributed by atoms with Crippen LogP contribution >= 0.6 is 0 Å². The molecule has 1 amide bonds. The Kier molecular flexibility index (Phi) is 4.16. The molecule has 1 aromatic carbocycles. The number of aryl methyl sites for hydroxylation is 1. The molecule has 2 aromatic heterocycles. The molecule has 8 nitrogen and oxygen atoms in total. The average Bonchev–Trinajstić information content (AvgIpc) is 3.06. The number of anilines is 2. The van der Waals surface area contributed by atoms with E-state index in [9.17, 15) is 9.59 Å². The lowest BCUT2D eigenvalue weighted by Gasteiger charge is -2.31. The highest BCUT2D eigenvalue weighted by Gasteiger charge is 2.26. The molecule has 3 heterocycles. The van der Waals surface area contributed by atoms with Crippen LogP contribution in [0.5, 0.6) is 0 Å². The number of H-pyrrole nitrogens is 1. The summed E-state index contributed by atoms with van der Waals surface area (Å²) in [6.45, 7) is 3.08. The number of rotatable bonds is 3. The lowest BCUT2D eigenvalue weighted by atomic mass is 9.96. The molecule has 1 fully saturated rings. The van der Waals surface area contributed by atoms with Crippen molar-refractivity contribution in [3.63, 3.8) is 0 Å². The molecular weight excluding hydrogens is 334 g/mol. The minimum atomic E-state index is -0.146. The van der Waals surface area contributed by atoms with E-state index in [1.165, 1.54) is 0 Å². The molecule has 8 heteroatoms. The van der Waals surface area contributed by atoms with Crippen molar-refractivity contribution < 1.29 is 9.32 Å². The Labute approximate surface area is 149 Å². The van der Waals surface area contributed by atoms with Crippen LogP contribution in [0.1, 0.15) is 18.6 Å². The van der Waals surface area contributed by atoms with Gasteiger partial charge in [-0.05, 0) is 31.9 Å². The number of nitrogens with zero attached hydrogens (tertiary/aromatic N) is 3. The van der Waals surface area contributed by atoms with Crippen molar-refractivity contribution in [2.24, 2.45) is 5.92 Å². The maximum absolute atomic E-state index is 12.4. The van der Waals surface area contributed by atoms with Crippen LogP contribution in [0.15, 0.2) is 39.6 Å². The maximum atomic E-state index is 12.4. The monoisotopic (exact) mass is 353 g/mol. The summed E-state index contributed by atoms with van der Waals surface area (Å²) in [6, 6.07) is 8.96. The first-order chi connectivity index (χ1) is 12.6. The van der Waals surface area contributed by atoms with Crippen LogP contribution in [-0.2, 0) is 4.79 Å². The number of carbonyl (C=O) groups is 1. The highest BCUT2D eigenvalue weighted by molar-refractivity contribution is 5.91. The van der Waals surface area contributed by atoms with E-state index >= 15 is 0 Å². The summed E-state index contributed by atoms with van der Waals surface area (Å²) in [5.74, 6) is 1.49. The van der Waals surface area contributed by atoms with Gasteiger partial charge in [0.2, 0.25) is 11.9 Å². The van der Waals surface area contributed by atoms with Crippen LogP contribution in [-0.4, -0.2) is 34.1 Å². The van der Waals surface area contributed by atoms with Crippen LogP contribution in [0.4, 0.5) is 11.8 Å². The number of carbonyl (C=O) groups excluding carboxylic acids is 1. The molecule has 1 aliphatic rings. The fourth-order valence-electron chi connectivity index (χ4n) is 3.23. The molecule has 2 N–H and O–H groups in total. The second-order valence-corrected chi connectivity index (χ2v) is 6.48. The number of aromatic amines is 1. The predicted octanol–water partition coefficient (Wildman–Crippen LogP) is 2.07. The Balaban J connectivity index is 1.43. The maximum Gasteiger partial charge on any atom is 0.260 e. The van der Waals surface area contributed by atoms with Crippen molar-refractivity contribution in [1.29, 1.82) is 0 Å².